The third-order valence-electron chi connectivity index (χ3n) is 2.41. The molecule has 1 aliphatic rings. The zero-order chi connectivity index (χ0) is 11.5. The van der Waals surface area contributed by atoms with E-state index in [0.717, 1.165) is 12.8 Å². The first kappa shape index (κ1) is 12.3. The van der Waals surface area contributed by atoms with E-state index in [2.05, 4.69) is 5.32 Å². The van der Waals surface area contributed by atoms with Crippen LogP contribution < -0.4 is 5.32 Å². The summed E-state index contributed by atoms with van der Waals surface area (Å²) < 4.78 is 10.3. The average molecular weight is 215 g/mol. The quantitative estimate of drug-likeness (QED) is 0.779. The van der Waals surface area contributed by atoms with Crippen molar-refractivity contribution in [1.82, 2.24) is 5.32 Å². The Hall–Kier alpha value is -0.770. The number of rotatable bonds is 4. The molecule has 1 N–H and O–H groups in total. The minimum absolute atomic E-state index is 0.172. The van der Waals surface area contributed by atoms with E-state index in [4.69, 9.17) is 9.47 Å². The first-order valence-electron chi connectivity index (χ1n) is 5.33. The molecule has 1 rings (SSSR count). The zero-order valence-electron chi connectivity index (χ0n) is 10.1. The Bertz CT molecular complexity index is 228. The van der Waals surface area contributed by atoms with E-state index in [9.17, 15) is 4.79 Å². The molecular weight excluding hydrogens is 194 g/mol. The fourth-order valence-corrected chi connectivity index (χ4v) is 1.43. The Morgan fingerprint density at radius 1 is 1.40 bits per heavy atom. The summed E-state index contributed by atoms with van der Waals surface area (Å²) in [6.07, 6.45) is 1.90. The van der Waals surface area contributed by atoms with Crippen LogP contribution in [0.3, 0.4) is 0 Å². The van der Waals surface area contributed by atoms with Gasteiger partial charge in [-0.1, -0.05) is 0 Å². The van der Waals surface area contributed by atoms with Crippen molar-refractivity contribution in [1.29, 1.82) is 0 Å². The van der Waals surface area contributed by atoms with Crippen LogP contribution in [0.25, 0.3) is 0 Å². The van der Waals surface area contributed by atoms with Crippen molar-refractivity contribution in [2.75, 3.05) is 20.3 Å². The van der Waals surface area contributed by atoms with Crippen molar-refractivity contribution >= 4 is 6.09 Å². The molecule has 1 fully saturated rings. The van der Waals surface area contributed by atoms with Gasteiger partial charge in [-0.2, -0.15) is 0 Å². The SMILES string of the molecule is COCC1(CNC(=O)OC(C)(C)C)CC1. The van der Waals surface area contributed by atoms with Crippen LogP contribution in [-0.4, -0.2) is 32.0 Å². The highest BCUT2D eigenvalue weighted by Gasteiger charge is 2.43. The molecule has 0 atom stereocenters. The van der Waals surface area contributed by atoms with Crippen molar-refractivity contribution in [2.45, 2.75) is 39.2 Å². The molecule has 0 aromatic rings. The van der Waals surface area contributed by atoms with Crippen LogP contribution in [0.5, 0.6) is 0 Å². The fourth-order valence-electron chi connectivity index (χ4n) is 1.43. The number of carbonyl (C=O) groups excluding carboxylic acids is 1. The minimum Gasteiger partial charge on any atom is -0.444 e. The van der Waals surface area contributed by atoms with E-state index >= 15 is 0 Å². The zero-order valence-corrected chi connectivity index (χ0v) is 10.1. The molecule has 15 heavy (non-hydrogen) atoms. The summed E-state index contributed by atoms with van der Waals surface area (Å²) in [4.78, 5) is 11.4. The van der Waals surface area contributed by atoms with Gasteiger partial charge in [-0.3, -0.25) is 0 Å². The van der Waals surface area contributed by atoms with E-state index in [1.54, 1.807) is 7.11 Å². The Labute approximate surface area is 91.3 Å². The van der Waals surface area contributed by atoms with Gasteiger partial charge in [-0.05, 0) is 33.6 Å². The first-order valence-corrected chi connectivity index (χ1v) is 5.33. The Morgan fingerprint density at radius 2 is 2.00 bits per heavy atom. The average Bonchev–Trinajstić information content (AvgIpc) is 2.80. The van der Waals surface area contributed by atoms with Gasteiger partial charge in [0, 0.05) is 19.1 Å². The van der Waals surface area contributed by atoms with Gasteiger partial charge in [0.15, 0.2) is 0 Å². The van der Waals surface area contributed by atoms with E-state index in [-0.39, 0.29) is 11.5 Å². The highest BCUT2D eigenvalue weighted by Crippen LogP contribution is 2.45. The molecule has 0 radical (unpaired) electrons. The molecule has 0 unspecified atom stereocenters. The Kier molecular flexibility index (Phi) is 3.60. The molecule has 0 heterocycles. The number of hydrogen-bond acceptors (Lipinski definition) is 3. The van der Waals surface area contributed by atoms with Crippen LogP contribution in [0.1, 0.15) is 33.6 Å². The summed E-state index contributed by atoms with van der Waals surface area (Å²) in [6, 6.07) is 0. The summed E-state index contributed by atoms with van der Waals surface area (Å²) in [5.74, 6) is 0. The fraction of sp³-hybridized carbons (Fsp3) is 0.909. The highest BCUT2D eigenvalue weighted by molar-refractivity contribution is 5.67. The van der Waals surface area contributed by atoms with Crippen LogP contribution in [0, 0.1) is 5.41 Å². The maximum atomic E-state index is 11.4. The summed E-state index contributed by atoms with van der Waals surface area (Å²) in [5, 5.41) is 2.79. The van der Waals surface area contributed by atoms with Gasteiger partial charge in [0.2, 0.25) is 0 Å². The molecule has 0 saturated heterocycles. The maximum Gasteiger partial charge on any atom is 0.407 e. The van der Waals surface area contributed by atoms with Crippen LogP contribution in [0.2, 0.25) is 0 Å². The predicted molar refractivity (Wildman–Crippen MR) is 57.8 cm³/mol. The van der Waals surface area contributed by atoms with Gasteiger partial charge in [0.1, 0.15) is 5.60 Å². The number of ether oxygens (including phenoxy) is 2. The predicted octanol–water partition coefficient (Wildman–Crippen LogP) is 1.94. The van der Waals surface area contributed by atoms with E-state index < -0.39 is 5.60 Å². The smallest absolute Gasteiger partial charge is 0.407 e. The molecule has 0 spiro atoms. The Morgan fingerprint density at radius 3 is 2.40 bits per heavy atom. The van der Waals surface area contributed by atoms with Gasteiger partial charge in [-0.15, -0.1) is 0 Å². The van der Waals surface area contributed by atoms with Gasteiger partial charge < -0.3 is 14.8 Å². The van der Waals surface area contributed by atoms with Crippen molar-refractivity contribution in [2.24, 2.45) is 5.41 Å². The summed E-state index contributed by atoms with van der Waals surface area (Å²) in [7, 11) is 1.69. The Balaban J connectivity index is 2.23. The second-order valence-corrected chi connectivity index (χ2v) is 5.29. The molecular formula is C11H21NO3. The summed E-state index contributed by atoms with van der Waals surface area (Å²) in [5.41, 5.74) is -0.256. The maximum absolute atomic E-state index is 11.4. The molecule has 0 aliphatic heterocycles. The molecule has 4 heteroatoms. The van der Waals surface area contributed by atoms with Crippen molar-refractivity contribution in [3.8, 4) is 0 Å². The van der Waals surface area contributed by atoms with Gasteiger partial charge >= 0.3 is 6.09 Å². The van der Waals surface area contributed by atoms with E-state index in [1.165, 1.54) is 0 Å². The summed E-state index contributed by atoms with van der Waals surface area (Å²) in [6.45, 7) is 6.93. The normalized spacial score (nSPS) is 18.4. The lowest BCUT2D eigenvalue weighted by Gasteiger charge is -2.21. The van der Waals surface area contributed by atoms with Gasteiger partial charge in [-0.25, -0.2) is 4.79 Å². The third kappa shape index (κ3) is 4.51. The van der Waals surface area contributed by atoms with Gasteiger partial charge in [0.05, 0.1) is 6.61 Å². The van der Waals surface area contributed by atoms with Crippen LogP contribution >= 0.6 is 0 Å². The molecule has 1 amide bonds. The molecule has 0 bridgehead atoms. The van der Waals surface area contributed by atoms with Crippen molar-refractivity contribution in [3.05, 3.63) is 0 Å². The van der Waals surface area contributed by atoms with Gasteiger partial charge in [0.25, 0.3) is 0 Å². The third-order valence-corrected chi connectivity index (χ3v) is 2.41. The molecule has 0 aromatic carbocycles. The number of hydrogen-bond donors (Lipinski definition) is 1. The standard InChI is InChI=1S/C11H21NO3/c1-10(2,3)15-9(13)12-7-11(5-6-11)8-14-4/h5-8H2,1-4H3,(H,12,13). The second kappa shape index (κ2) is 4.39. The van der Waals surface area contributed by atoms with Crippen molar-refractivity contribution < 1.29 is 14.3 Å². The molecule has 1 saturated carbocycles. The highest BCUT2D eigenvalue weighted by atomic mass is 16.6. The lowest BCUT2D eigenvalue weighted by Crippen LogP contribution is -2.36. The van der Waals surface area contributed by atoms with Crippen LogP contribution in [-0.2, 0) is 9.47 Å². The number of alkyl carbamates (subject to hydrolysis) is 1. The number of methoxy groups -OCH3 is 1. The van der Waals surface area contributed by atoms with Crippen molar-refractivity contribution in [3.63, 3.8) is 0 Å². The number of nitrogens with one attached hydrogen (secondary N) is 1. The van der Waals surface area contributed by atoms with E-state index in [1.807, 2.05) is 20.8 Å². The van der Waals surface area contributed by atoms with Crippen LogP contribution in [0.4, 0.5) is 4.79 Å². The van der Waals surface area contributed by atoms with Crippen LogP contribution in [0.15, 0.2) is 0 Å². The van der Waals surface area contributed by atoms with E-state index in [0.29, 0.717) is 13.2 Å². The molecule has 88 valence electrons. The number of carbonyl (C=O) groups is 1. The lowest BCUT2D eigenvalue weighted by atomic mass is 10.1. The molecule has 4 nitrogen and oxygen atoms in total. The largest absolute Gasteiger partial charge is 0.444 e. The molecule has 0 aromatic heterocycles. The molecule has 1 aliphatic carbocycles. The lowest BCUT2D eigenvalue weighted by molar-refractivity contribution is 0.0499. The second-order valence-electron chi connectivity index (χ2n) is 5.29. The minimum atomic E-state index is -0.429. The first-order chi connectivity index (χ1) is 6.87. The summed E-state index contributed by atoms with van der Waals surface area (Å²) >= 11 is 0. The topological polar surface area (TPSA) is 47.6 Å². The monoisotopic (exact) mass is 215 g/mol. The number of amides is 1.